The number of H-pyrrole nitrogens is 2. The minimum Gasteiger partial charge on any atom is -0.354 e. The van der Waals surface area contributed by atoms with Crippen LogP contribution in [0.4, 0.5) is 0 Å². The van der Waals surface area contributed by atoms with Gasteiger partial charge in [0.15, 0.2) is 0 Å². The Morgan fingerprint density at radius 3 is 1.09 bits per heavy atom. The molecule has 0 radical (unpaired) electrons. The second-order valence-corrected chi connectivity index (χ2v) is 14.9. The van der Waals surface area contributed by atoms with Crippen molar-refractivity contribution in [2.75, 3.05) is 0 Å². The molecule has 0 atom stereocenters. The van der Waals surface area contributed by atoms with Gasteiger partial charge in [-0.3, -0.25) is 0 Å². The highest BCUT2D eigenvalue weighted by atomic mass is 14.8. The highest BCUT2D eigenvalue weighted by Crippen LogP contribution is 2.46. The molecule has 0 spiro atoms. The Balaban J connectivity index is 1.81. The summed E-state index contributed by atoms with van der Waals surface area (Å²) in [6, 6.07) is 22.8. The first-order chi connectivity index (χ1) is 26.2. The summed E-state index contributed by atoms with van der Waals surface area (Å²) in [6.45, 7) is 22.7. The predicted molar refractivity (Wildman–Crippen MR) is 234 cm³/mol. The van der Waals surface area contributed by atoms with Crippen LogP contribution in [0.15, 0.2) is 60.7 Å². The first-order valence-corrected chi connectivity index (χ1v) is 20.7. The van der Waals surface area contributed by atoms with E-state index in [4.69, 9.17) is 9.97 Å². The lowest BCUT2D eigenvalue weighted by atomic mass is 9.90. The van der Waals surface area contributed by atoms with Crippen LogP contribution in [-0.2, 0) is 25.7 Å². The normalized spacial score (nSPS) is 13.1. The molecule has 3 aromatic heterocycles. The van der Waals surface area contributed by atoms with E-state index >= 15 is 0 Å². The van der Waals surface area contributed by atoms with E-state index in [2.05, 4.69) is 140 Å². The van der Waals surface area contributed by atoms with Gasteiger partial charge in [-0.25, -0.2) is 9.97 Å². The molecule has 0 fully saturated rings. The van der Waals surface area contributed by atoms with Crippen molar-refractivity contribution in [3.8, 4) is 22.3 Å². The molecule has 2 N–H and O–H groups in total. The van der Waals surface area contributed by atoms with Crippen molar-refractivity contribution in [1.82, 2.24) is 19.9 Å². The number of aromatic nitrogens is 4. The maximum absolute atomic E-state index is 5.67. The molecule has 0 saturated carbocycles. The summed E-state index contributed by atoms with van der Waals surface area (Å²) in [5.41, 5.74) is 27.2. The van der Waals surface area contributed by atoms with Gasteiger partial charge in [0.2, 0.25) is 0 Å². The molecular weight excluding hydrogens is 657 g/mol. The minimum atomic E-state index is 0.906. The van der Waals surface area contributed by atoms with E-state index < -0.39 is 0 Å². The Hall–Kier alpha value is -4.96. The standard InChI is InChI=1S/C50H58N4/c1-11-33-37(15-5)47-45(31-23-19-29(9)20-24-31)48-39(17-7)35(13-3)43(53-48)28-44-36(14-4)40(18-8)50(54-44)46(32-25-21-30(10)22-26-32)49-38(16-6)34(12-2)42(52-49)27-41(33)51-47/h19-28,51,53H,11-18H2,1-10H3. The zero-order valence-electron chi connectivity index (χ0n) is 34.3. The molecule has 4 nitrogen and oxygen atoms in total. The third-order valence-electron chi connectivity index (χ3n) is 11.9. The van der Waals surface area contributed by atoms with Crippen LogP contribution in [0.25, 0.3) is 66.6 Å². The Bertz CT molecular complexity index is 2330. The summed E-state index contributed by atoms with van der Waals surface area (Å²) < 4.78 is 0. The van der Waals surface area contributed by atoms with Crippen LogP contribution in [0, 0.1) is 13.8 Å². The molecule has 2 aromatic carbocycles. The molecule has 278 valence electrons. The molecule has 0 unspecified atom stereocenters. The van der Waals surface area contributed by atoms with Gasteiger partial charge in [-0.2, -0.15) is 0 Å². The number of nitrogens with zero attached hydrogens (tertiary/aromatic N) is 2. The summed E-state index contributed by atoms with van der Waals surface area (Å²) in [5, 5.41) is 0. The third-order valence-corrected chi connectivity index (χ3v) is 11.9. The summed E-state index contributed by atoms with van der Waals surface area (Å²) in [4.78, 5) is 19.5. The van der Waals surface area contributed by atoms with E-state index in [1.54, 1.807) is 0 Å². The van der Waals surface area contributed by atoms with Gasteiger partial charge in [-0.15, -0.1) is 0 Å². The van der Waals surface area contributed by atoms with Crippen LogP contribution in [0.3, 0.4) is 0 Å². The third kappa shape index (κ3) is 6.18. The van der Waals surface area contributed by atoms with Gasteiger partial charge >= 0.3 is 0 Å². The molecule has 8 bridgehead atoms. The number of hydrogen-bond acceptors (Lipinski definition) is 2. The molecule has 2 aliphatic heterocycles. The Morgan fingerprint density at radius 1 is 0.407 bits per heavy atom. The van der Waals surface area contributed by atoms with Gasteiger partial charge in [0, 0.05) is 22.2 Å². The molecular formula is C50H58N4. The van der Waals surface area contributed by atoms with Crippen molar-refractivity contribution < 1.29 is 0 Å². The molecule has 5 heterocycles. The highest BCUT2D eigenvalue weighted by Gasteiger charge is 2.28. The van der Waals surface area contributed by atoms with Crippen molar-refractivity contribution in [3.05, 3.63) is 117 Å². The van der Waals surface area contributed by atoms with E-state index in [0.29, 0.717) is 0 Å². The number of hydrogen-bond donors (Lipinski definition) is 2. The van der Waals surface area contributed by atoms with Crippen LogP contribution in [0.5, 0.6) is 0 Å². The van der Waals surface area contributed by atoms with Crippen molar-refractivity contribution in [3.63, 3.8) is 0 Å². The summed E-state index contributed by atoms with van der Waals surface area (Å²) >= 11 is 0. The fourth-order valence-corrected chi connectivity index (χ4v) is 9.28. The fraction of sp³-hybridized carbons (Fsp3) is 0.360. The maximum Gasteiger partial charge on any atom is 0.0772 e. The van der Waals surface area contributed by atoms with Crippen molar-refractivity contribution in [2.45, 2.75) is 121 Å². The van der Waals surface area contributed by atoms with Gasteiger partial charge in [-0.05, 0) is 133 Å². The van der Waals surface area contributed by atoms with Crippen LogP contribution >= 0.6 is 0 Å². The SMILES string of the molecule is CCC1=C(CC)c2nc1cc1[nH]c(c(CC)c1CC)c(-c1ccc(C)cc1)c1[nH]c(cc3nc(c2-c2ccc(C)cc2)C(CC)=C3CC)c(CC)c1CC. The molecule has 2 aliphatic rings. The topological polar surface area (TPSA) is 57.4 Å². The molecule has 7 rings (SSSR count). The average Bonchev–Trinajstić information content (AvgIpc) is 3.92. The average molecular weight is 715 g/mol. The van der Waals surface area contributed by atoms with Crippen molar-refractivity contribution >= 4 is 44.4 Å². The lowest BCUT2D eigenvalue weighted by Crippen LogP contribution is -1.95. The Morgan fingerprint density at radius 2 is 0.759 bits per heavy atom. The molecule has 54 heavy (non-hydrogen) atoms. The second kappa shape index (κ2) is 15.4. The fourth-order valence-electron chi connectivity index (χ4n) is 9.28. The van der Waals surface area contributed by atoms with Gasteiger partial charge in [-0.1, -0.05) is 115 Å². The summed E-state index contributed by atoms with van der Waals surface area (Å²) in [5.74, 6) is 0. The maximum atomic E-state index is 5.67. The monoisotopic (exact) mass is 714 g/mol. The van der Waals surface area contributed by atoms with Gasteiger partial charge in [0.05, 0.1) is 33.8 Å². The van der Waals surface area contributed by atoms with Gasteiger partial charge in [0.1, 0.15) is 0 Å². The largest absolute Gasteiger partial charge is 0.354 e. The highest BCUT2D eigenvalue weighted by molar-refractivity contribution is 6.04. The van der Waals surface area contributed by atoms with Crippen LogP contribution in [-0.4, -0.2) is 19.9 Å². The van der Waals surface area contributed by atoms with Crippen LogP contribution in [0.1, 0.15) is 137 Å². The number of benzene rings is 2. The van der Waals surface area contributed by atoms with Crippen molar-refractivity contribution in [2.24, 2.45) is 0 Å². The number of rotatable bonds is 10. The smallest absolute Gasteiger partial charge is 0.0772 e. The van der Waals surface area contributed by atoms with Crippen molar-refractivity contribution in [1.29, 1.82) is 0 Å². The molecule has 0 aliphatic carbocycles. The van der Waals surface area contributed by atoms with Gasteiger partial charge < -0.3 is 9.97 Å². The summed E-state index contributed by atoms with van der Waals surface area (Å²) in [6.07, 6.45) is 7.39. The van der Waals surface area contributed by atoms with Crippen LogP contribution < -0.4 is 0 Å². The van der Waals surface area contributed by atoms with E-state index in [0.717, 1.165) is 79.7 Å². The molecule has 0 saturated heterocycles. The van der Waals surface area contributed by atoms with E-state index in [1.807, 2.05) is 0 Å². The van der Waals surface area contributed by atoms with E-state index in [1.165, 1.54) is 94.4 Å². The van der Waals surface area contributed by atoms with E-state index in [9.17, 15) is 0 Å². The molecule has 5 aromatic rings. The van der Waals surface area contributed by atoms with E-state index in [-0.39, 0.29) is 0 Å². The van der Waals surface area contributed by atoms with Gasteiger partial charge in [0.25, 0.3) is 0 Å². The number of nitrogens with one attached hydrogen (secondary N) is 2. The predicted octanol–water partition coefficient (Wildman–Crippen LogP) is 14.0. The Labute approximate surface area is 322 Å². The second-order valence-electron chi connectivity index (χ2n) is 14.9. The number of fused-ring (bicyclic) bond motifs is 8. The number of aromatic amines is 2. The van der Waals surface area contributed by atoms with Crippen LogP contribution in [0.2, 0.25) is 0 Å². The minimum absolute atomic E-state index is 0.906. The lowest BCUT2D eigenvalue weighted by Gasteiger charge is -2.13. The Kier molecular flexibility index (Phi) is 10.7. The molecule has 0 amide bonds. The molecule has 4 heteroatoms. The lowest BCUT2D eigenvalue weighted by molar-refractivity contribution is 1.07. The quantitative estimate of drug-likeness (QED) is 0.151. The zero-order valence-corrected chi connectivity index (χ0v) is 34.3. The first-order valence-electron chi connectivity index (χ1n) is 20.7. The first kappa shape index (κ1) is 37.4. The zero-order chi connectivity index (χ0) is 38.3. The number of allylic oxidation sites excluding steroid dienone is 4. The number of aryl methyl sites for hydroxylation is 6. The summed E-state index contributed by atoms with van der Waals surface area (Å²) in [7, 11) is 0.